The third kappa shape index (κ3) is 1.47. The van der Waals surface area contributed by atoms with Crippen molar-refractivity contribution < 1.29 is 4.79 Å². The molecule has 0 radical (unpaired) electrons. The highest BCUT2D eigenvalue weighted by atomic mass is 16.2. The molecular weight excluding hydrogens is 126 g/mol. The summed E-state index contributed by atoms with van der Waals surface area (Å²) >= 11 is 0. The second kappa shape index (κ2) is 3.20. The zero-order valence-corrected chi connectivity index (χ0v) is 6.08. The first kappa shape index (κ1) is 7.06. The molecule has 0 aromatic carbocycles. The van der Waals surface area contributed by atoms with Crippen molar-refractivity contribution in [1.82, 2.24) is 4.90 Å². The minimum absolute atomic E-state index is 0.104. The van der Waals surface area contributed by atoms with Gasteiger partial charge in [-0.1, -0.05) is 18.2 Å². The summed E-state index contributed by atoms with van der Waals surface area (Å²) in [6, 6.07) is 0. The van der Waals surface area contributed by atoms with E-state index in [9.17, 15) is 4.79 Å². The maximum atomic E-state index is 11.0. The average Bonchev–Trinajstić information content (AvgIpc) is 2.13. The molecule has 0 spiro atoms. The van der Waals surface area contributed by atoms with E-state index in [1.54, 1.807) is 17.1 Å². The molecule has 0 bridgehead atoms. The van der Waals surface area contributed by atoms with Crippen LogP contribution in [0.25, 0.3) is 0 Å². The van der Waals surface area contributed by atoms with Gasteiger partial charge in [-0.05, 0) is 6.92 Å². The van der Waals surface area contributed by atoms with Crippen molar-refractivity contribution in [2.45, 2.75) is 6.92 Å². The van der Waals surface area contributed by atoms with Crippen LogP contribution in [0.1, 0.15) is 6.92 Å². The molecule has 1 rings (SSSR count). The molecule has 1 aliphatic rings. The van der Waals surface area contributed by atoms with Gasteiger partial charge >= 0.3 is 0 Å². The fourth-order valence-electron chi connectivity index (χ4n) is 0.885. The van der Waals surface area contributed by atoms with Gasteiger partial charge in [-0.15, -0.1) is 0 Å². The van der Waals surface area contributed by atoms with Gasteiger partial charge in [-0.3, -0.25) is 4.79 Å². The van der Waals surface area contributed by atoms with E-state index in [2.05, 4.69) is 0 Å². The molecule has 54 valence electrons. The van der Waals surface area contributed by atoms with Crippen LogP contribution in [0, 0.1) is 0 Å². The van der Waals surface area contributed by atoms with E-state index in [-0.39, 0.29) is 5.91 Å². The highest BCUT2D eigenvalue weighted by Crippen LogP contribution is 1.96. The topological polar surface area (TPSA) is 20.3 Å². The van der Waals surface area contributed by atoms with E-state index in [4.69, 9.17) is 0 Å². The van der Waals surface area contributed by atoms with Crippen LogP contribution in [-0.4, -0.2) is 23.9 Å². The predicted octanol–water partition coefficient (Wildman–Crippen LogP) is 0.961. The molecule has 0 unspecified atom stereocenters. The molecule has 1 amide bonds. The molecule has 0 N–H and O–H groups in total. The fourth-order valence-corrected chi connectivity index (χ4v) is 0.885. The lowest BCUT2D eigenvalue weighted by Gasteiger charge is -2.14. The van der Waals surface area contributed by atoms with Crippen molar-refractivity contribution in [3.8, 4) is 0 Å². The fraction of sp³-hybridized carbons (Fsp3) is 0.375. The Labute approximate surface area is 60.8 Å². The first-order valence-corrected chi connectivity index (χ1v) is 3.46. The number of nitrogens with zero attached hydrogens (tertiary/aromatic N) is 1. The number of hydrogen-bond donors (Lipinski definition) is 0. The third-order valence-electron chi connectivity index (χ3n) is 1.51. The van der Waals surface area contributed by atoms with Gasteiger partial charge in [0.15, 0.2) is 0 Å². The van der Waals surface area contributed by atoms with E-state index >= 15 is 0 Å². The van der Waals surface area contributed by atoms with Gasteiger partial charge in [-0.25, -0.2) is 0 Å². The van der Waals surface area contributed by atoms with Gasteiger partial charge < -0.3 is 4.90 Å². The minimum Gasteiger partial charge on any atom is -0.336 e. The molecule has 2 heteroatoms. The molecule has 0 atom stereocenters. The van der Waals surface area contributed by atoms with Crippen LogP contribution in [0.4, 0.5) is 0 Å². The maximum Gasteiger partial charge on any atom is 0.246 e. The van der Waals surface area contributed by atoms with E-state index in [0.29, 0.717) is 0 Å². The standard InChI is InChI=1S/C8H11NO/c1-2-9-7-5-3-4-6-8(9)10/h3-6H,2,7H2,1H3. The molecule has 0 aliphatic carbocycles. The van der Waals surface area contributed by atoms with Crippen LogP contribution in [0.5, 0.6) is 0 Å². The summed E-state index contributed by atoms with van der Waals surface area (Å²) in [7, 11) is 0. The van der Waals surface area contributed by atoms with Gasteiger partial charge in [-0.2, -0.15) is 0 Å². The quantitative estimate of drug-likeness (QED) is 0.527. The summed E-state index contributed by atoms with van der Waals surface area (Å²) in [5.74, 6) is 0.104. The SMILES string of the molecule is CCN1CC=CC=CC1=O. The van der Waals surface area contributed by atoms with Crippen LogP contribution < -0.4 is 0 Å². The Balaban J connectivity index is 2.65. The largest absolute Gasteiger partial charge is 0.336 e. The van der Waals surface area contributed by atoms with Crippen molar-refractivity contribution in [2.24, 2.45) is 0 Å². The van der Waals surface area contributed by atoms with E-state index in [1.165, 1.54) is 0 Å². The van der Waals surface area contributed by atoms with Crippen LogP contribution in [0.15, 0.2) is 24.3 Å². The van der Waals surface area contributed by atoms with Crippen molar-refractivity contribution >= 4 is 5.91 Å². The molecular formula is C8H11NO. The third-order valence-corrected chi connectivity index (χ3v) is 1.51. The van der Waals surface area contributed by atoms with Crippen molar-refractivity contribution in [1.29, 1.82) is 0 Å². The van der Waals surface area contributed by atoms with Gasteiger partial charge in [0.05, 0.1) is 0 Å². The van der Waals surface area contributed by atoms with Gasteiger partial charge in [0.1, 0.15) is 0 Å². The molecule has 2 nitrogen and oxygen atoms in total. The number of likely N-dealkylation sites (N-methyl/N-ethyl adjacent to an activating group) is 1. The first-order chi connectivity index (χ1) is 4.84. The number of hydrogen-bond acceptors (Lipinski definition) is 1. The normalized spacial score (nSPS) is 17.7. The highest BCUT2D eigenvalue weighted by molar-refractivity contribution is 5.88. The van der Waals surface area contributed by atoms with Crippen molar-refractivity contribution in [2.75, 3.05) is 13.1 Å². The van der Waals surface area contributed by atoms with Crippen molar-refractivity contribution in [3.05, 3.63) is 24.3 Å². The smallest absolute Gasteiger partial charge is 0.246 e. The molecule has 1 heterocycles. The lowest BCUT2D eigenvalue weighted by atomic mass is 10.4. The van der Waals surface area contributed by atoms with E-state index in [0.717, 1.165) is 13.1 Å². The number of rotatable bonds is 1. The summed E-state index contributed by atoms with van der Waals surface area (Å²) in [4.78, 5) is 12.8. The molecule has 0 saturated carbocycles. The Kier molecular flexibility index (Phi) is 2.26. The number of allylic oxidation sites excluding steroid dienone is 2. The first-order valence-electron chi connectivity index (χ1n) is 3.46. The Morgan fingerprint density at radius 3 is 3.10 bits per heavy atom. The Hall–Kier alpha value is -1.05. The summed E-state index contributed by atoms with van der Waals surface area (Å²) < 4.78 is 0. The Bertz CT molecular complexity index is 182. The van der Waals surface area contributed by atoms with E-state index < -0.39 is 0 Å². The van der Waals surface area contributed by atoms with Gasteiger partial charge in [0.25, 0.3) is 0 Å². The van der Waals surface area contributed by atoms with Gasteiger partial charge in [0, 0.05) is 19.2 Å². The van der Waals surface area contributed by atoms with Crippen LogP contribution in [-0.2, 0) is 4.79 Å². The lowest BCUT2D eigenvalue weighted by molar-refractivity contribution is -0.125. The Morgan fingerprint density at radius 1 is 1.60 bits per heavy atom. The number of carbonyl (C=O) groups is 1. The summed E-state index contributed by atoms with van der Waals surface area (Å²) in [5.41, 5.74) is 0. The predicted molar refractivity (Wildman–Crippen MR) is 40.5 cm³/mol. The highest BCUT2D eigenvalue weighted by Gasteiger charge is 2.06. The molecule has 0 saturated heterocycles. The van der Waals surface area contributed by atoms with Crippen LogP contribution in [0.2, 0.25) is 0 Å². The maximum absolute atomic E-state index is 11.0. The zero-order valence-electron chi connectivity index (χ0n) is 6.08. The van der Waals surface area contributed by atoms with Crippen LogP contribution >= 0.6 is 0 Å². The second-order valence-electron chi connectivity index (χ2n) is 2.16. The summed E-state index contributed by atoms with van der Waals surface area (Å²) in [6.07, 6.45) is 7.24. The number of amides is 1. The average molecular weight is 137 g/mol. The lowest BCUT2D eigenvalue weighted by Crippen LogP contribution is -2.28. The summed E-state index contributed by atoms with van der Waals surface area (Å²) in [6.45, 7) is 3.50. The van der Waals surface area contributed by atoms with Crippen molar-refractivity contribution in [3.63, 3.8) is 0 Å². The zero-order chi connectivity index (χ0) is 7.40. The van der Waals surface area contributed by atoms with E-state index in [1.807, 2.05) is 19.1 Å². The Morgan fingerprint density at radius 2 is 2.40 bits per heavy atom. The second-order valence-corrected chi connectivity index (χ2v) is 2.16. The molecule has 10 heavy (non-hydrogen) atoms. The monoisotopic (exact) mass is 137 g/mol. The minimum atomic E-state index is 0.104. The number of carbonyl (C=O) groups excluding carboxylic acids is 1. The molecule has 0 aromatic rings. The molecule has 1 aliphatic heterocycles. The molecule has 0 fully saturated rings. The van der Waals surface area contributed by atoms with Crippen LogP contribution in [0.3, 0.4) is 0 Å². The summed E-state index contributed by atoms with van der Waals surface area (Å²) in [5, 5.41) is 0. The molecule has 0 aromatic heterocycles. The van der Waals surface area contributed by atoms with Gasteiger partial charge in [0.2, 0.25) is 5.91 Å².